The smallest absolute Gasteiger partial charge is 0.356 e. The van der Waals surface area contributed by atoms with Crippen LogP contribution in [0.4, 0.5) is 24.5 Å². The van der Waals surface area contributed by atoms with Crippen LogP contribution >= 0.6 is 0 Å². The van der Waals surface area contributed by atoms with Crippen LogP contribution in [-0.2, 0) is 18.0 Å². The Morgan fingerprint density at radius 3 is 2.43 bits per heavy atom. The lowest BCUT2D eigenvalue weighted by Gasteiger charge is -2.55. The largest absolute Gasteiger partial charge is 0.416 e. The quantitative estimate of drug-likeness (QED) is 0.624. The Balaban J connectivity index is 1.39. The Morgan fingerprint density at radius 1 is 1.07 bits per heavy atom. The monoisotopic (exact) mass is 414 g/mol. The Labute approximate surface area is 176 Å². The molecule has 2 aliphatic carbocycles. The van der Waals surface area contributed by atoms with E-state index in [0.29, 0.717) is 17.6 Å². The molecule has 0 aromatic heterocycles. The molecule has 5 rings (SSSR count). The number of alkyl halides is 3. The normalized spacial score (nSPS) is 28.8. The van der Waals surface area contributed by atoms with E-state index in [1.807, 2.05) is 0 Å². The molecule has 1 aliphatic heterocycles. The predicted octanol–water partition coefficient (Wildman–Crippen LogP) is 6.38. The number of fused-ring (bicyclic) bond motifs is 4. The first-order chi connectivity index (χ1) is 14.2. The van der Waals surface area contributed by atoms with Gasteiger partial charge in [0.2, 0.25) is 0 Å². The number of hydrogen-bond acceptors (Lipinski definition) is 2. The SMILES string of the molecule is C[C@H]1C2Cc3ccc(Nc4ccc(C(F)(F)F)cc4)cc3[C@@]1(C)CCN2CC1CC1. The predicted molar refractivity (Wildman–Crippen MR) is 114 cm³/mol. The number of benzene rings is 2. The van der Waals surface area contributed by atoms with Crippen LogP contribution in [0.3, 0.4) is 0 Å². The number of piperidine rings is 1. The topological polar surface area (TPSA) is 15.3 Å². The standard InChI is InChI=1S/C25H29F3N2/c1-16-23-13-18-5-8-21(29-20-9-6-19(7-10-20)25(26,27)28)14-22(18)24(16,2)11-12-30(23)15-17-3-4-17/h5-10,14,16-17,23,29H,3-4,11-13,15H2,1-2H3/t16-,23?,24-/m0/s1. The summed E-state index contributed by atoms with van der Waals surface area (Å²) in [7, 11) is 0. The van der Waals surface area contributed by atoms with Crippen molar-refractivity contribution in [2.75, 3.05) is 18.4 Å². The van der Waals surface area contributed by atoms with Gasteiger partial charge in [0.25, 0.3) is 0 Å². The Bertz CT molecular complexity index is 932. The van der Waals surface area contributed by atoms with Crippen molar-refractivity contribution in [3.8, 4) is 0 Å². The molecule has 5 heteroatoms. The van der Waals surface area contributed by atoms with E-state index in [1.54, 1.807) is 0 Å². The van der Waals surface area contributed by atoms with Crippen LogP contribution in [0.15, 0.2) is 42.5 Å². The molecule has 2 bridgehead atoms. The molecule has 1 heterocycles. The van der Waals surface area contributed by atoms with Crippen molar-refractivity contribution in [3.05, 3.63) is 59.2 Å². The van der Waals surface area contributed by atoms with Gasteiger partial charge in [0.1, 0.15) is 0 Å². The molecule has 1 N–H and O–H groups in total. The molecule has 3 aliphatic rings. The minimum absolute atomic E-state index is 0.149. The summed E-state index contributed by atoms with van der Waals surface area (Å²) < 4.78 is 38.4. The average Bonchev–Trinajstić information content (AvgIpc) is 3.51. The third kappa shape index (κ3) is 3.51. The van der Waals surface area contributed by atoms with E-state index in [1.165, 1.54) is 42.6 Å². The zero-order valence-corrected chi connectivity index (χ0v) is 17.6. The Hall–Kier alpha value is -2.01. The lowest BCUT2D eigenvalue weighted by molar-refractivity contribution is -0.137. The van der Waals surface area contributed by atoms with Crippen molar-refractivity contribution in [1.29, 1.82) is 0 Å². The molecular weight excluding hydrogens is 385 g/mol. The summed E-state index contributed by atoms with van der Waals surface area (Å²) in [5.74, 6) is 1.51. The van der Waals surface area contributed by atoms with E-state index in [0.717, 1.165) is 43.1 Å². The van der Waals surface area contributed by atoms with Gasteiger partial charge in [0, 0.05) is 24.0 Å². The molecule has 1 saturated carbocycles. The van der Waals surface area contributed by atoms with Crippen molar-refractivity contribution >= 4 is 11.4 Å². The van der Waals surface area contributed by atoms with Gasteiger partial charge in [-0.2, -0.15) is 13.2 Å². The number of nitrogens with one attached hydrogen (secondary N) is 1. The van der Waals surface area contributed by atoms with E-state index in [2.05, 4.69) is 42.3 Å². The molecule has 2 aromatic carbocycles. The highest BCUT2D eigenvalue weighted by atomic mass is 19.4. The number of anilines is 2. The summed E-state index contributed by atoms with van der Waals surface area (Å²) in [5, 5.41) is 3.30. The molecule has 2 aromatic rings. The van der Waals surface area contributed by atoms with Gasteiger partial charge in [-0.3, -0.25) is 4.90 Å². The van der Waals surface area contributed by atoms with Gasteiger partial charge in [-0.25, -0.2) is 0 Å². The Morgan fingerprint density at radius 2 is 1.77 bits per heavy atom. The number of halogens is 3. The second kappa shape index (κ2) is 7.01. The van der Waals surface area contributed by atoms with Gasteiger partial charge < -0.3 is 5.32 Å². The van der Waals surface area contributed by atoms with Crippen molar-refractivity contribution in [3.63, 3.8) is 0 Å². The fraction of sp³-hybridized carbons (Fsp3) is 0.520. The highest BCUT2D eigenvalue weighted by Gasteiger charge is 2.49. The van der Waals surface area contributed by atoms with E-state index < -0.39 is 11.7 Å². The molecule has 1 saturated heterocycles. The van der Waals surface area contributed by atoms with Crippen LogP contribution in [0, 0.1) is 11.8 Å². The highest BCUT2D eigenvalue weighted by molar-refractivity contribution is 5.62. The van der Waals surface area contributed by atoms with Gasteiger partial charge in [-0.15, -0.1) is 0 Å². The van der Waals surface area contributed by atoms with Crippen LogP contribution in [0.5, 0.6) is 0 Å². The minimum atomic E-state index is -4.31. The van der Waals surface area contributed by atoms with Gasteiger partial charge in [0.15, 0.2) is 0 Å². The van der Waals surface area contributed by atoms with Gasteiger partial charge in [-0.1, -0.05) is 19.9 Å². The zero-order chi connectivity index (χ0) is 21.1. The van der Waals surface area contributed by atoms with Crippen molar-refractivity contribution in [2.24, 2.45) is 11.8 Å². The summed E-state index contributed by atoms with van der Waals surface area (Å²) in [6.07, 6.45) is 0.738. The third-order valence-electron chi connectivity index (χ3n) is 7.81. The van der Waals surface area contributed by atoms with E-state index in [9.17, 15) is 13.2 Å². The number of nitrogens with zero attached hydrogens (tertiary/aromatic N) is 1. The molecule has 0 radical (unpaired) electrons. The zero-order valence-electron chi connectivity index (χ0n) is 17.6. The van der Waals surface area contributed by atoms with E-state index in [4.69, 9.17) is 0 Å². The second-order valence-electron chi connectivity index (χ2n) is 9.74. The molecule has 30 heavy (non-hydrogen) atoms. The molecule has 3 atom stereocenters. The molecule has 2 fully saturated rings. The van der Waals surface area contributed by atoms with Crippen molar-refractivity contribution in [2.45, 2.75) is 57.2 Å². The average molecular weight is 415 g/mol. The van der Waals surface area contributed by atoms with Crippen LogP contribution in [0.1, 0.15) is 49.8 Å². The van der Waals surface area contributed by atoms with E-state index >= 15 is 0 Å². The molecule has 160 valence electrons. The molecule has 0 spiro atoms. The first-order valence-electron chi connectivity index (χ1n) is 11.1. The summed E-state index contributed by atoms with van der Waals surface area (Å²) in [5.41, 5.74) is 3.99. The fourth-order valence-electron chi connectivity index (χ4n) is 5.55. The fourth-order valence-corrected chi connectivity index (χ4v) is 5.55. The Kier molecular flexibility index (Phi) is 4.66. The molecule has 1 unspecified atom stereocenters. The summed E-state index contributed by atoms with van der Waals surface area (Å²) in [6.45, 7) is 7.23. The minimum Gasteiger partial charge on any atom is -0.356 e. The molecular formula is C25H29F3N2. The van der Waals surface area contributed by atoms with Crippen molar-refractivity contribution < 1.29 is 13.2 Å². The van der Waals surface area contributed by atoms with Crippen LogP contribution in [0.25, 0.3) is 0 Å². The van der Waals surface area contributed by atoms with Gasteiger partial charge >= 0.3 is 6.18 Å². The second-order valence-corrected chi connectivity index (χ2v) is 9.74. The van der Waals surface area contributed by atoms with Gasteiger partial charge in [-0.05, 0) is 97.0 Å². The summed E-state index contributed by atoms with van der Waals surface area (Å²) in [4.78, 5) is 2.74. The van der Waals surface area contributed by atoms with Crippen LogP contribution in [-0.4, -0.2) is 24.0 Å². The maximum absolute atomic E-state index is 12.8. The first-order valence-corrected chi connectivity index (χ1v) is 11.1. The lowest BCUT2D eigenvalue weighted by atomic mass is 9.59. The summed E-state index contributed by atoms with van der Waals surface area (Å²) >= 11 is 0. The number of hydrogen-bond donors (Lipinski definition) is 1. The van der Waals surface area contributed by atoms with Crippen molar-refractivity contribution in [1.82, 2.24) is 4.90 Å². The first kappa shape index (κ1) is 19.9. The van der Waals surface area contributed by atoms with Gasteiger partial charge in [0.05, 0.1) is 5.56 Å². The maximum Gasteiger partial charge on any atom is 0.416 e. The molecule has 2 nitrogen and oxygen atoms in total. The van der Waals surface area contributed by atoms with E-state index in [-0.39, 0.29) is 5.41 Å². The van der Waals surface area contributed by atoms with Crippen LogP contribution in [0.2, 0.25) is 0 Å². The number of rotatable bonds is 4. The highest BCUT2D eigenvalue weighted by Crippen LogP contribution is 2.50. The third-order valence-corrected chi connectivity index (χ3v) is 7.81. The molecule has 0 amide bonds. The summed E-state index contributed by atoms with van der Waals surface area (Å²) in [6, 6.07) is 12.4. The van der Waals surface area contributed by atoms with Crippen LogP contribution < -0.4 is 5.32 Å². The lowest BCUT2D eigenvalue weighted by Crippen LogP contribution is -2.58. The maximum atomic E-state index is 12.8. The number of likely N-dealkylation sites (tertiary alicyclic amines) is 1.